The Labute approximate surface area is 117 Å². The van der Waals surface area contributed by atoms with Crippen molar-refractivity contribution >= 4 is 11.8 Å². The highest BCUT2D eigenvalue weighted by Gasteiger charge is 2.18. The number of carbonyl (C=O) groups excluding carboxylic acids is 1. The van der Waals surface area contributed by atoms with Gasteiger partial charge in [0.2, 0.25) is 0 Å². The molecule has 5 nitrogen and oxygen atoms in total. The molecule has 1 heterocycles. The summed E-state index contributed by atoms with van der Waals surface area (Å²) < 4.78 is 12.3. The van der Waals surface area contributed by atoms with E-state index in [1.54, 1.807) is 36.5 Å². The first-order valence-electron chi connectivity index (χ1n) is 6.36. The van der Waals surface area contributed by atoms with Crippen LogP contribution in [0.1, 0.15) is 30.2 Å². The first kappa shape index (κ1) is 14.0. The minimum atomic E-state index is -0.494. The zero-order valence-corrected chi connectivity index (χ0v) is 11.8. The molecule has 0 saturated carbocycles. The molecule has 0 fully saturated rings. The average Bonchev–Trinajstić information content (AvgIpc) is 2.81. The van der Waals surface area contributed by atoms with Crippen molar-refractivity contribution in [2.45, 2.75) is 19.9 Å². The third kappa shape index (κ3) is 2.61. The van der Waals surface area contributed by atoms with Crippen LogP contribution in [0.3, 0.4) is 0 Å². The molecule has 2 rings (SSSR count). The molecule has 1 aromatic carbocycles. The third-order valence-electron chi connectivity index (χ3n) is 3.00. The largest absolute Gasteiger partial charge is 0.493 e. The summed E-state index contributed by atoms with van der Waals surface area (Å²) in [4.78, 5) is 12.2. The second-order valence-corrected chi connectivity index (χ2v) is 4.66. The highest BCUT2D eigenvalue weighted by molar-refractivity contribution is 5.96. The number of aromatic nitrogens is 1. The molecule has 5 heteroatoms. The maximum atomic E-state index is 12.2. The van der Waals surface area contributed by atoms with Gasteiger partial charge in [0, 0.05) is 12.2 Å². The molecule has 0 aliphatic carbocycles. The summed E-state index contributed by atoms with van der Waals surface area (Å²) in [5.41, 5.74) is 6.31. The second-order valence-electron chi connectivity index (χ2n) is 4.66. The summed E-state index contributed by atoms with van der Waals surface area (Å²) in [6, 6.07) is 8.82. The molecule has 0 spiro atoms. The molecule has 0 saturated heterocycles. The Bertz CT molecular complexity index is 617. The van der Waals surface area contributed by atoms with E-state index in [1.165, 1.54) is 7.11 Å². The normalized spacial score (nSPS) is 10.6. The van der Waals surface area contributed by atoms with Gasteiger partial charge in [0.1, 0.15) is 11.4 Å². The van der Waals surface area contributed by atoms with Gasteiger partial charge in [0.05, 0.1) is 7.11 Å². The van der Waals surface area contributed by atoms with Crippen LogP contribution >= 0.6 is 0 Å². The zero-order valence-electron chi connectivity index (χ0n) is 11.8. The van der Waals surface area contributed by atoms with Gasteiger partial charge in [-0.3, -0.25) is 0 Å². The van der Waals surface area contributed by atoms with E-state index in [0.717, 1.165) is 0 Å². The number of carbonyl (C=O) groups is 1. The predicted octanol–water partition coefficient (Wildman–Crippen LogP) is 2.88. The van der Waals surface area contributed by atoms with Crippen molar-refractivity contribution in [1.82, 2.24) is 4.57 Å². The van der Waals surface area contributed by atoms with Gasteiger partial charge in [0.15, 0.2) is 11.5 Å². The first-order valence-corrected chi connectivity index (χ1v) is 6.36. The number of nitrogen functional groups attached to an aromatic ring is 1. The van der Waals surface area contributed by atoms with Crippen molar-refractivity contribution in [3.05, 3.63) is 42.1 Å². The van der Waals surface area contributed by atoms with E-state index in [9.17, 15) is 4.79 Å². The van der Waals surface area contributed by atoms with Gasteiger partial charge < -0.3 is 19.8 Å². The lowest BCUT2D eigenvalue weighted by Gasteiger charge is -2.11. The molecule has 1 aromatic heterocycles. The molecule has 0 unspecified atom stereocenters. The average molecular weight is 274 g/mol. The monoisotopic (exact) mass is 274 g/mol. The highest BCUT2D eigenvalue weighted by Crippen LogP contribution is 2.28. The van der Waals surface area contributed by atoms with Crippen molar-refractivity contribution in [3.63, 3.8) is 0 Å². The van der Waals surface area contributed by atoms with Crippen molar-refractivity contribution in [2.75, 3.05) is 12.8 Å². The molecule has 2 N–H and O–H groups in total. The fourth-order valence-electron chi connectivity index (χ4n) is 1.94. The van der Waals surface area contributed by atoms with E-state index in [0.29, 0.717) is 22.9 Å². The third-order valence-corrected chi connectivity index (χ3v) is 3.00. The molecule has 0 atom stereocenters. The summed E-state index contributed by atoms with van der Waals surface area (Å²) in [6.45, 7) is 3.98. The van der Waals surface area contributed by atoms with Gasteiger partial charge in [-0.15, -0.1) is 0 Å². The van der Waals surface area contributed by atoms with Crippen LogP contribution in [0.15, 0.2) is 36.5 Å². The number of anilines is 1. The zero-order chi connectivity index (χ0) is 14.7. The number of para-hydroxylation sites is 2. The van der Waals surface area contributed by atoms with Gasteiger partial charge in [-0.1, -0.05) is 12.1 Å². The summed E-state index contributed by atoms with van der Waals surface area (Å²) in [7, 11) is 1.52. The standard InChI is InChI=1S/C15H18N2O3/c1-10(2)17-9-8-11(14(17)16)15(18)20-13-7-5-4-6-12(13)19-3/h4-10H,16H2,1-3H3. The number of methoxy groups -OCH3 is 1. The molecule has 106 valence electrons. The van der Waals surface area contributed by atoms with Crippen molar-refractivity contribution < 1.29 is 14.3 Å². The van der Waals surface area contributed by atoms with Gasteiger partial charge in [-0.2, -0.15) is 0 Å². The van der Waals surface area contributed by atoms with E-state index >= 15 is 0 Å². The van der Waals surface area contributed by atoms with Gasteiger partial charge in [-0.05, 0) is 32.0 Å². The van der Waals surface area contributed by atoms with Crippen molar-refractivity contribution in [1.29, 1.82) is 0 Å². The van der Waals surface area contributed by atoms with Crippen LogP contribution < -0.4 is 15.2 Å². The SMILES string of the molecule is COc1ccccc1OC(=O)c1ccn(C(C)C)c1N. The number of ether oxygens (including phenoxy) is 2. The molecule has 2 aromatic rings. The van der Waals surface area contributed by atoms with Gasteiger partial charge in [-0.25, -0.2) is 4.79 Å². The summed E-state index contributed by atoms with van der Waals surface area (Å²) in [6.07, 6.45) is 1.78. The summed E-state index contributed by atoms with van der Waals surface area (Å²) in [5, 5.41) is 0. The Balaban J connectivity index is 2.24. The molecular formula is C15H18N2O3. The van der Waals surface area contributed by atoms with E-state index in [4.69, 9.17) is 15.2 Å². The Kier molecular flexibility index (Phi) is 3.98. The fourth-order valence-corrected chi connectivity index (χ4v) is 1.94. The number of nitrogens with zero attached hydrogens (tertiary/aromatic N) is 1. The lowest BCUT2D eigenvalue weighted by Crippen LogP contribution is -2.12. The van der Waals surface area contributed by atoms with E-state index in [1.807, 2.05) is 18.4 Å². The number of esters is 1. The number of benzene rings is 1. The van der Waals surface area contributed by atoms with Crippen molar-refractivity contribution in [3.8, 4) is 11.5 Å². The number of hydrogen-bond acceptors (Lipinski definition) is 4. The van der Waals surface area contributed by atoms with Crippen LogP contribution in [0.25, 0.3) is 0 Å². The molecular weight excluding hydrogens is 256 g/mol. The Morgan fingerprint density at radius 2 is 1.85 bits per heavy atom. The van der Waals surface area contributed by atoms with Gasteiger partial charge >= 0.3 is 5.97 Å². The highest BCUT2D eigenvalue weighted by atomic mass is 16.6. The fraction of sp³-hybridized carbons (Fsp3) is 0.267. The van der Waals surface area contributed by atoms with E-state index in [-0.39, 0.29) is 6.04 Å². The minimum Gasteiger partial charge on any atom is -0.493 e. The van der Waals surface area contributed by atoms with Crippen LogP contribution in [0.2, 0.25) is 0 Å². The molecule has 0 amide bonds. The second kappa shape index (κ2) is 5.69. The molecule has 20 heavy (non-hydrogen) atoms. The van der Waals surface area contributed by atoms with E-state index < -0.39 is 5.97 Å². The van der Waals surface area contributed by atoms with Gasteiger partial charge in [0.25, 0.3) is 0 Å². The van der Waals surface area contributed by atoms with Crippen LogP contribution in [-0.4, -0.2) is 17.6 Å². The predicted molar refractivity (Wildman–Crippen MR) is 77.2 cm³/mol. The quantitative estimate of drug-likeness (QED) is 0.687. The Morgan fingerprint density at radius 3 is 2.40 bits per heavy atom. The van der Waals surface area contributed by atoms with E-state index in [2.05, 4.69) is 0 Å². The number of nitrogens with two attached hydrogens (primary N) is 1. The minimum absolute atomic E-state index is 0.183. The molecule has 0 radical (unpaired) electrons. The van der Waals surface area contributed by atoms with Crippen LogP contribution in [-0.2, 0) is 0 Å². The Hall–Kier alpha value is -2.43. The molecule has 0 aliphatic heterocycles. The molecule has 0 aliphatic rings. The van der Waals surface area contributed by atoms with Crippen LogP contribution in [0.5, 0.6) is 11.5 Å². The maximum absolute atomic E-state index is 12.2. The lowest BCUT2D eigenvalue weighted by molar-refractivity contribution is 0.0731. The number of rotatable bonds is 4. The van der Waals surface area contributed by atoms with Crippen molar-refractivity contribution in [2.24, 2.45) is 0 Å². The summed E-state index contributed by atoms with van der Waals surface area (Å²) in [5.74, 6) is 0.783. The smallest absolute Gasteiger partial charge is 0.347 e. The molecule has 0 bridgehead atoms. The number of hydrogen-bond donors (Lipinski definition) is 1. The maximum Gasteiger partial charge on any atom is 0.347 e. The van der Waals surface area contributed by atoms with Crippen LogP contribution in [0, 0.1) is 0 Å². The Morgan fingerprint density at radius 1 is 1.20 bits per heavy atom. The lowest BCUT2D eigenvalue weighted by atomic mass is 10.3. The first-order chi connectivity index (χ1) is 9.54. The van der Waals surface area contributed by atoms with Crippen LogP contribution in [0.4, 0.5) is 5.82 Å². The topological polar surface area (TPSA) is 66.5 Å². The summed E-state index contributed by atoms with van der Waals surface area (Å²) >= 11 is 0.